The van der Waals surface area contributed by atoms with Gasteiger partial charge >= 0.3 is 0 Å². The number of carbonyl (C=O) groups excluding carboxylic acids is 1. The summed E-state index contributed by atoms with van der Waals surface area (Å²) in [5.41, 5.74) is 4.24. The molecule has 2 fully saturated rings. The number of amides is 1. The molecule has 0 bridgehead atoms. The third-order valence-corrected chi connectivity index (χ3v) is 7.80. The van der Waals surface area contributed by atoms with Crippen LogP contribution in [0.4, 0.5) is 18.9 Å². The Kier molecular flexibility index (Phi) is 9.88. The molecule has 2 saturated heterocycles. The molecule has 0 unspecified atom stereocenters. The summed E-state index contributed by atoms with van der Waals surface area (Å²) in [7, 11) is 1.29. The Balaban J connectivity index is 0.00000423. The van der Waals surface area contributed by atoms with E-state index in [-0.39, 0.29) is 59.7 Å². The number of rotatable bonds is 8. The summed E-state index contributed by atoms with van der Waals surface area (Å²) in [5.74, 6) is -5.59. The molecule has 1 amide bonds. The van der Waals surface area contributed by atoms with Crippen molar-refractivity contribution >= 4 is 24.0 Å². The number of likely N-dealkylation sites (tertiary alicyclic amines) is 1. The zero-order valence-corrected chi connectivity index (χ0v) is 24.2. The number of nitrogen functional groups attached to an aromatic ring is 1. The van der Waals surface area contributed by atoms with Crippen LogP contribution < -0.4 is 25.3 Å². The number of hydrogen-bond acceptors (Lipinski definition) is 9. The highest BCUT2D eigenvalue weighted by Crippen LogP contribution is 2.40. The van der Waals surface area contributed by atoms with E-state index in [4.69, 9.17) is 19.9 Å². The number of nitrogens with one attached hydrogen (secondary N) is 1. The van der Waals surface area contributed by atoms with Gasteiger partial charge in [0.1, 0.15) is 18.7 Å². The van der Waals surface area contributed by atoms with Crippen LogP contribution in [0.1, 0.15) is 24.3 Å². The first kappa shape index (κ1) is 32.1. The van der Waals surface area contributed by atoms with Gasteiger partial charge in [-0.05, 0) is 30.7 Å². The minimum atomic E-state index is -3.68. The van der Waals surface area contributed by atoms with E-state index in [1.807, 2.05) is 30.3 Å². The van der Waals surface area contributed by atoms with Crippen LogP contribution in [0.2, 0.25) is 0 Å². The van der Waals surface area contributed by atoms with Crippen molar-refractivity contribution in [3.8, 4) is 23.3 Å². The van der Waals surface area contributed by atoms with Gasteiger partial charge in [0.2, 0.25) is 17.7 Å². The smallest absolute Gasteiger partial charge is 0.296 e. The standard InChI is InChI=1S/C29H32F3N5O5.ClH/c1-40-23-13-19(7-8-22(23)30)42-26-24(33)25(35-17-36-26)41-16-28(39)10-12-37(15-29(28,31)32)27(38)20-9-11-34-14-21(20)18-5-3-2-4-6-18;/h2-8,13,17,20-21,34,39H,9-12,14-16,33H2,1H3;1H/t20-,21+,28+;/m1./s1. The number of methoxy groups -OCH3 is 1. The number of nitrogens with two attached hydrogens (primary N) is 1. The molecule has 2 aromatic carbocycles. The molecule has 3 aromatic rings. The number of anilines is 1. The Morgan fingerprint density at radius 2 is 1.93 bits per heavy atom. The van der Waals surface area contributed by atoms with E-state index in [0.29, 0.717) is 19.5 Å². The first-order valence-corrected chi connectivity index (χ1v) is 13.5. The number of benzene rings is 2. The average Bonchev–Trinajstić information content (AvgIpc) is 3.00. The van der Waals surface area contributed by atoms with Gasteiger partial charge in [0.25, 0.3) is 5.92 Å². The monoisotopic (exact) mass is 623 g/mol. The number of ether oxygens (including phenoxy) is 3. The van der Waals surface area contributed by atoms with Crippen LogP contribution in [0.5, 0.6) is 23.3 Å². The normalized spacial score (nSPS) is 23.1. The molecule has 43 heavy (non-hydrogen) atoms. The SMILES string of the molecule is COc1cc(Oc2ncnc(OC[C@@]3(O)CCN(C(=O)[C@@H]4CCNC[C@H]4c4ccccc4)CC3(F)F)c2N)ccc1F.Cl. The number of halogens is 4. The third kappa shape index (κ3) is 6.73. The van der Waals surface area contributed by atoms with E-state index in [0.717, 1.165) is 22.9 Å². The highest BCUT2D eigenvalue weighted by molar-refractivity contribution is 5.85. The highest BCUT2D eigenvalue weighted by atomic mass is 35.5. The largest absolute Gasteiger partial charge is 0.494 e. The molecule has 1 aromatic heterocycles. The minimum Gasteiger partial charge on any atom is -0.494 e. The van der Waals surface area contributed by atoms with Gasteiger partial charge in [0, 0.05) is 37.4 Å². The fourth-order valence-electron chi connectivity index (χ4n) is 5.34. The topological polar surface area (TPSA) is 132 Å². The van der Waals surface area contributed by atoms with E-state index >= 15 is 8.78 Å². The van der Waals surface area contributed by atoms with Crippen molar-refractivity contribution < 1.29 is 37.3 Å². The summed E-state index contributed by atoms with van der Waals surface area (Å²) >= 11 is 0. The molecule has 2 aliphatic rings. The maximum Gasteiger partial charge on any atom is 0.296 e. The minimum absolute atomic E-state index is 0. The Morgan fingerprint density at radius 3 is 2.65 bits per heavy atom. The fourth-order valence-corrected chi connectivity index (χ4v) is 5.34. The lowest BCUT2D eigenvalue weighted by molar-refractivity contribution is -0.227. The molecule has 14 heteroatoms. The summed E-state index contributed by atoms with van der Waals surface area (Å²) in [6.07, 6.45) is 1.15. The molecule has 5 rings (SSSR count). The van der Waals surface area contributed by atoms with Gasteiger partial charge in [-0.25, -0.2) is 13.2 Å². The number of aromatic nitrogens is 2. The molecule has 0 radical (unpaired) electrons. The number of hydrogen-bond donors (Lipinski definition) is 3. The summed E-state index contributed by atoms with van der Waals surface area (Å²) in [6.45, 7) is -0.671. The van der Waals surface area contributed by atoms with E-state index in [9.17, 15) is 14.3 Å². The Bertz CT molecular complexity index is 1420. The second-order valence-electron chi connectivity index (χ2n) is 10.4. The molecule has 3 heterocycles. The van der Waals surface area contributed by atoms with Crippen LogP contribution in [0, 0.1) is 11.7 Å². The van der Waals surface area contributed by atoms with Gasteiger partial charge in [-0.1, -0.05) is 30.3 Å². The Labute approximate surface area is 252 Å². The van der Waals surface area contributed by atoms with Crippen LogP contribution >= 0.6 is 12.4 Å². The van der Waals surface area contributed by atoms with E-state index in [2.05, 4.69) is 15.3 Å². The Morgan fingerprint density at radius 1 is 1.19 bits per heavy atom. The summed E-state index contributed by atoms with van der Waals surface area (Å²) < 4.78 is 60.6. The molecule has 4 N–H and O–H groups in total. The molecule has 232 valence electrons. The summed E-state index contributed by atoms with van der Waals surface area (Å²) in [4.78, 5) is 22.4. The first-order valence-electron chi connectivity index (χ1n) is 13.5. The van der Waals surface area contributed by atoms with Crippen LogP contribution in [0.25, 0.3) is 0 Å². The lowest BCUT2D eigenvalue weighted by Crippen LogP contribution is -2.64. The molecule has 10 nitrogen and oxygen atoms in total. The average molecular weight is 624 g/mol. The molecule has 0 spiro atoms. The van der Waals surface area contributed by atoms with Crippen molar-refractivity contribution in [3.63, 3.8) is 0 Å². The van der Waals surface area contributed by atoms with Gasteiger partial charge in [-0.2, -0.15) is 9.97 Å². The molecule has 0 aliphatic carbocycles. The fraction of sp³-hybridized carbons (Fsp3) is 0.414. The van der Waals surface area contributed by atoms with Gasteiger partial charge in [-0.3, -0.25) is 4.79 Å². The van der Waals surface area contributed by atoms with E-state index < -0.39 is 42.8 Å². The lowest BCUT2D eigenvalue weighted by Gasteiger charge is -2.45. The van der Waals surface area contributed by atoms with Crippen LogP contribution in [0.15, 0.2) is 54.9 Å². The first-order chi connectivity index (χ1) is 20.1. The van der Waals surface area contributed by atoms with Crippen molar-refractivity contribution in [2.45, 2.75) is 30.3 Å². The Hall–Kier alpha value is -3.81. The van der Waals surface area contributed by atoms with Crippen molar-refractivity contribution in [1.29, 1.82) is 0 Å². The summed E-state index contributed by atoms with van der Waals surface area (Å²) in [5, 5.41) is 14.3. The highest BCUT2D eigenvalue weighted by Gasteiger charge is 2.58. The predicted molar refractivity (Wildman–Crippen MR) is 153 cm³/mol. The van der Waals surface area contributed by atoms with Crippen molar-refractivity contribution in [2.75, 3.05) is 45.6 Å². The maximum absolute atomic E-state index is 15.5. The molecular weight excluding hydrogens is 591 g/mol. The second-order valence-corrected chi connectivity index (χ2v) is 10.4. The van der Waals surface area contributed by atoms with Crippen molar-refractivity contribution in [3.05, 3.63) is 66.2 Å². The predicted octanol–water partition coefficient (Wildman–Crippen LogP) is 3.79. The number of alkyl halides is 2. The van der Waals surface area contributed by atoms with Crippen molar-refractivity contribution in [1.82, 2.24) is 20.2 Å². The number of aliphatic hydroxyl groups is 1. The molecule has 2 aliphatic heterocycles. The zero-order valence-electron chi connectivity index (χ0n) is 23.3. The maximum atomic E-state index is 15.5. The van der Waals surface area contributed by atoms with E-state index in [1.54, 1.807) is 0 Å². The molecule has 0 saturated carbocycles. The van der Waals surface area contributed by atoms with E-state index in [1.165, 1.54) is 19.2 Å². The van der Waals surface area contributed by atoms with Gasteiger partial charge in [0.15, 0.2) is 22.9 Å². The lowest BCUT2D eigenvalue weighted by atomic mass is 9.79. The summed E-state index contributed by atoms with van der Waals surface area (Å²) in [6, 6.07) is 13.3. The quantitative estimate of drug-likeness (QED) is 0.343. The van der Waals surface area contributed by atoms with Crippen molar-refractivity contribution in [2.24, 2.45) is 5.92 Å². The number of carbonyl (C=O) groups is 1. The molecular formula is C29H33ClF3N5O5. The number of piperidine rings is 2. The zero-order chi connectivity index (χ0) is 29.9. The van der Waals surface area contributed by atoms with Crippen LogP contribution in [0.3, 0.4) is 0 Å². The second kappa shape index (κ2) is 13.2. The van der Waals surface area contributed by atoms with Crippen LogP contribution in [-0.4, -0.2) is 77.3 Å². The molecule has 3 atom stereocenters. The van der Waals surface area contributed by atoms with Gasteiger partial charge in [-0.15, -0.1) is 12.4 Å². The van der Waals surface area contributed by atoms with Gasteiger partial charge in [0.05, 0.1) is 13.7 Å². The third-order valence-electron chi connectivity index (χ3n) is 7.80. The van der Waals surface area contributed by atoms with Crippen LogP contribution in [-0.2, 0) is 4.79 Å². The number of nitrogens with zero attached hydrogens (tertiary/aromatic N) is 3. The van der Waals surface area contributed by atoms with Gasteiger partial charge < -0.3 is 35.3 Å².